The fourth-order valence-electron chi connectivity index (χ4n) is 7.95. The molecular weight excluding hydrogens is 901 g/mol. The maximum Gasteiger partial charge on any atom is 0 e. The first-order valence-corrected chi connectivity index (χ1v) is 25.4. The van der Waals surface area contributed by atoms with Gasteiger partial charge in [-0.2, -0.15) is 0 Å². The van der Waals surface area contributed by atoms with Crippen molar-refractivity contribution in [3.05, 3.63) is 89.3 Å². The average Bonchev–Trinajstić information content (AvgIpc) is 3.33. The summed E-state index contributed by atoms with van der Waals surface area (Å²) >= 11 is -2.84. The van der Waals surface area contributed by atoms with E-state index in [9.17, 15) is 18.7 Å². The molecule has 1 aliphatic heterocycles. The van der Waals surface area contributed by atoms with E-state index >= 15 is 0 Å². The molecule has 7 heteroatoms. The molecule has 1 aromatic heterocycles. The maximum absolute atomic E-state index is 13.7. The van der Waals surface area contributed by atoms with Crippen molar-refractivity contribution in [1.29, 1.82) is 0 Å². The average molecular weight is 962 g/mol. The number of allylic oxidation sites excluding steroid dienone is 2. The third kappa shape index (κ3) is 9.42. The maximum atomic E-state index is 13.7. The van der Waals surface area contributed by atoms with Crippen molar-refractivity contribution >= 4 is 38.6 Å². The number of pyridine rings is 1. The van der Waals surface area contributed by atoms with Crippen LogP contribution in [0.2, 0.25) is 11.5 Å². The predicted octanol–water partition coefficient (Wildman–Crippen LogP) is 11.8. The van der Waals surface area contributed by atoms with Crippen molar-refractivity contribution < 1.29 is 38.8 Å². The molecule has 0 aliphatic carbocycles. The van der Waals surface area contributed by atoms with Gasteiger partial charge in [0.25, 0.3) is 0 Å². The zero-order chi connectivity index (χ0) is 38.8. The van der Waals surface area contributed by atoms with Crippen LogP contribution in [0, 0.1) is 30.2 Å². The minimum atomic E-state index is -2.84. The molecule has 0 unspecified atom stereocenters. The molecule has 1 N–H and O–H groups in total. The first-order valence-electron chi connectivity index (χ1n) is 19.1. The number of aliphatic hydroxyl groups is 1. The van der Waals surface area contributed by atoms with Gasteiger partial charge in [0.05, 0.1) is 5.76 Å². The summed E-state index contributed by atoms with van der Waals surface area (Å²) in [4.78, 5) is 16.7. The van der Waals surface area contributed by atoms with Gasteiger partial charge in [0.2, 0.25) is 0 Å². The monoisotopic (exact) mass is 963 g/mol. The van der Waals surface area contributed by atoms with Crippen molar-refractivity contribution in [2.24, 2.45) is 17.3 Å². The first kappa shape index (κ1) is 44.7. The van der Waals surface area contributed by atoms with E-state index in [0.717, 1.165) is 47.9 Å². The smallest absolute Gasteiger partial charge is 0 e. The molecule has 0 amide bonds. The van der Waals surface area contributed by atoms with Crippen LogP contribution in [0.25, 0.3) is 33.2 Å². The summed E-state index contributed by atoms with van der Waals surface area (Å²) in [6.45, 7) is 20.3. The van der Waals surface area contributed by atoms with Gasteiger partial charge in [-0.15, -0.1) is 0 Å². The van der Waals surface area contributed by atoms with E-state index in [0.29, 0.717) is 6.42 Å². The molecule has 0 spiro atoms. The van der Waals surface area contributed by atoms with Crippen LogP contribution in [0.4, 0.5) is 8.78 Å². The number of aliphatic hydroxyl groups excluding tert-OH is 1. The second kappa shape index (κ2) is 17.9. The molecule has 1 aliphatic rings. The van der Waals surface area contributed by atoms with Gasteiger partial charge >= 0.3 is 223 Å². The Kier molecular flexibility index (Phi) is 15.1. The number of rotatable bonds is 11. The Bertz CT molecular complexity index is 1930. The summed E-state index contributed by atoms with van der Waals surface area (Å²) in [6, 6.07) is 20.9. The quantitative estimate of drug-likeness (QED) is 0.0705. The van der Waals surface area contributed by atoms with Gasteiger partial charge in [0.1, 0.15) is 0 Å². The van der Waals surface area contributed by atoms with Crippen LogP contribution in [-0.2, 0) is 36.7 Å². The van der Waals surface area contributed by atoms with Crippen LogP contribution in [-0.4, -0.2) is 35.6 Å². The summed E-state index contributed by atoms with van der Waals surface area (Å²) in [5.41, 5.74) is 7.04. The summed E-state index contributed by atoms with van der Waals surface area (Å²) < 4.78 is 30.3. The van der Waals surface area contributed by atoms with Gasteiger partial charge in [0.15, 0.2) is 5.78 Å². The fourth-order valence-corrected chi connectivity index (χ4v) is 16.2. The molecule has 4 aromatic rings. The molecule has 1 radical (unpaired) electrons. The standard InChI is InChI=1S/C33H36F2GeN.C13H24O2.Ir/c1-20-22(19-33(5,6)31(34)35)13-14-25-26-15-16-37-30(29(26)36(7,8)28(20)25)23-17-21-11-9-10-12-24(21)27(18-23)32(2,3)4;1-5-10(6-2)12(14)9-13(15)11(7-3)8-4;/h9-16,18,31H,19H2,1-8H3;9-11,14H,5-8H2,1-4H3;/q-1;;/b;12-9-;. The fraction of sp³-hybridized carbons (Fsp3) is 0.478. The van der Waals surface area contributed by atoms with Gasteiger partial charge < -0.3 is 5.11 Å². The molecule has 0 saturated carbocycles. The number of ketones is 1. The van der Waals surface area contributed by atoms with Crippen molar-refractivity contribution in [2.45, 2.75) is 125 Å². The molecule has 5 rings (SSSR count). The Balaban J connectivity index is 0.000000403. The second-order valence-corrected chi connectivity index (χ2v) is 25.8. The number of carbonyl (C=O) groups excluding carboxylic acids is 1. The van der Waals surface area contributed by atoms with E-state index in [-0.39, 0.29) is 48.9 Å². The zero-order valence-electron chi connectivity index (χ0n) is 33.9. The number of nitrogens with zero attached hydrogens (tertiary/aromatic N) is 1. The van der Waals surface area contributed by atoms with Gasteiger partial charge in [0, 0.05) is 38.0 Å². The van der Waals surface area contributed by atoms with Crippen molar-refractivity contribution in [1.82, 2.24) is 4.98 Å². The SMILES string of the molecule is CCC(CC)C(=O)/C=C(\O)C(CC)CC.Cc1c(CC(C)(C)C(F)F)ccc2[c]1[Ge]([CH3])([CH3])[c]1c-2ccnc1-c1[c-]c2ccccc2c(C(C)(C)C)c1.[Ir]. The Morgan fingerprint density at radius 2 is 1.47 bits per heavy atom. The summed E-state index contributed by atoms with van der Waals surface area (Å²) in [5, 5.41) is 12.1. The first-order chi connectivity index (χ1) is 24.3. The van der Waals surface area contributed by atoms with Crippen LogP contribution in [0.3, 0.4) is 0 Å². The molecule has 53 heavy (non-hydrogen) atoms. The van der Waals surface area contributed by atoms with E-state index in [1.165, 1.54) is 42.5 Å². The molecule has 3 aromatic carbocycles. The minimum absolute atomic E-state index is 0. The van der Waals surface area contributed by atoms with Gasteiger partial charge in [-0.05, 0) is 25.7 Å². The van der Waals surface area contributed by atoms with Crippen LogP contribution < -0.4 is 8.79 Å². The van der Waals surface area contributed by atoms with E-state index in [1.54, 1.807) is 13.8 Å². The van der Waals surface area contributed by atoms with Crippen LogP contribution >= 0.6 is 0 Å². The number of halogens is 2. The number of benzene rings is 3. The van der Waals surface area contributed by atoms with Crippen molar-refractivity contribution in [3.8, 4) is 22.4 Å². The number of hydrogen-bond donors (Lipinski definition) is 1. The Hall–Kier alpha value is -2.67. The van der Waals surface area contributed by atoms with Crippen molar-refractivity contribution in [3.63, 3.8) is 0 Å². The molecule has 289 valence electrons. The summed E-state index contributed by atoms with van der Waals surface area (Å²) in [6.07, 6.45) is 4.84. The Morgan fingerprint density at radius 3 is 2.04 bits per heavy atom. The molecule has 3 nitrogen and oxygen atoms in total. The molecule has 0 atom stereocenters. The number of hydrogen-bond acceptors (Lipinski definition) is 3. The van der Waals surface area contributed by atoms with Crippen LogP contribution in [0.15, 0.2) is 66.6 Å². The number of alkyl halides is 2. The van der Waals surface area contributed by atoms with E-state index in [4.69, 9.17) is 4.98 Å². The largest absolute Gasteiger partial charge is 0 e. The number of fused-ring (bicyclic) bond motifs is 4. The molecular formula is C46H60F2GeIrNO2-. The summed E-state index contributed by atoms with van der Waals surface area (Å²) in [7, 11) is 0. The summed E-state index contributed by atoms with van der Waals surface area (Å²) in [5.74, 6) is 5.40. The number of carbonyl (C=O) groups is 1. The number of aromatic nitrogens is 1. The third-order valence-corrected chi connectivity index (χ3v) is 18.9. The molecule has 0 fully saturated rings. The second-order valence-electron chi connectivity index (χ2n) is 16.8. The van der Waals surface area contributed by atoms with Crippen LogP contribution in [0.1, 0.15) is 105 Å². The molecule has 2 heterocycles. The molecule has 0 bridgehead atoms. The van der Waals surface area contributed by atoms with Gasteiger partial charge in [-0.25, -0.2) is 0 Å². The van der Waals surface area contributed by atoms with Gasteiger partial charge in [-0.3, -0.25) is 4.79 Å². The Morgan fingerprint density at radius 1 is 0.887 bits per heavy atom. The van der Waals surface area contributed by atoms with E-state index < -0.39 is 25.1 Å². The Labute approximate surface area is 334 Å². The topological polar surface area (TPSA) is 50.2 Å². The van der Waals surface area contributed by atoms with Crippen LogP contribution in [0.5, 0.6) is 0 Å². The van der Waals surface area contributed by atoms with Gasteiger partial charge in [-0.1, -0.05) is 27.7 Å². The minimum Gasteiger partial charge on any atom is 0 e. The zero-order valence-corrected chi connectivity index (χ0v) is 38.4. The van der Waals surface area contributed by atoms with E-state index in [2.05, 4.69) is 93.8 Å². The van der Waals surface area contributed by atoms with E-state index in [1.807, 2.05) is 33.9 Å². The molecule has 0 saturated heterocycles. The third-order valence-electron chi connectivity index (χ3n) is 11.2. The predicted molar refractivity (Wildman–Crippen MR) is 219 cm³/mol. The van der Waals surface area contributed by atoms with Crippen molar-refractivity contribution in [2.75, 3.05) is 0 Å². The normalized spacial score (nSPS) is 13.9.